The van der Waals surface area contributed by atoms with Gasteiger partial charge in [-0.3, -0.25) is 0 Å². The van der Waals surface area contributed by atoms with Crippen molar-refractivity contribution in [1.82, 2.24) is 0 Å². The molecule has 0 radical (unpaired) electrons. The molecule has 0 heterocycles. The van der Waals surface area contributed by atoms with Crippen LogP contribution in [0.4, 0.5) is 0 Å². The largest absolute Gasteiger partial charge is 0.478 e. The minimum atomic E-state index is -0.855. The van der Waals surface area contributed by atoms with E-state index in [9.17, 15) is 9.59 Å². The van der Waals surface area contributed by atoms with Gasteiger partial charge in [0.15, 0.2) is 0 Å². The summed E-state index contributed by atoms with van der Waals surface area (Å²) < 4.78 is 0. The first-order valence-corrected chi connectivity index (χ1v) is 6.83. The third-order valence-corrected chi connectivity index (χ3v) is 3.25. The van der Waals surface area contributed by atoms with Crippen molar-refractivity contribution in [2.75, 3.05) is 0 Å². The Morgan fingerprint density at radius 2 is 1.00 bits per heavy atom. The maximum atomic E-state index is 10.6. The smallest absolute Gasteiger partial charge is 0.335 e. The number of hydrogen-bond donors (Lipinski definition) is 2. The fourth-order valence-electron chi connectivity index (χ4n) is 1.93. The molecule has 0 aliphatic heterocycles. The normalized spacial score (nSPS) is 9.22. The van der Waals surface area contributed by atoms with Crippen LogP contribution in [0, 0.1) is 27.7 Å². The van der Waals surface area contributed by atoms with E-state index in [1.807, 2.05) is 38.1 Å². The van der Waals surface area contributed by atoms with Crippen LogP contribution in [0.1, 0.15) is 43.0 Å². The van der Waals surface area contributed by atoms with Gasteiger partial charge in [0.2, 0.25) is 0 Å². The minimum absolute atomic E-state index is 0. The molecule has 0 unspecified atom stereocenters. The maximum absolute atomic E-state index is 10.6. The number of benzene rings is 2. The molecule has 0 bridgehead atoms. The summed E-state index contributed by atoms with van der Waals surface area (Å²) in [7, 11) is 0. The van der Waals surface area contributed by atoms with Crippen molar-refractivity contribution in [2.45, 2.75) is 27.7 Å². The molecule has 0 fully saturated rings. The van der Waals surface area contributed by atoms with E-state index in [1.54, 1.807) is 26.0 Å². The summed E-state index contributed by atoms with van der Waals surface area (Å²) in [5.74, 6) is -1.71. The third kappa shape index (κ3) is 6.52. The summed E-state index contributed by atoms with van der Waals surface area (Å²) >= 11 is 0. The molecule has 2 aromatic rings. The zero-order valence-electron chi connectivity index (χ0n) is 13.9. The van der Waals surface area contributed by atoms with Gasteiger partial charge in [-0.05, 0) is 51.0 Å². The predicted molar refractivity (Wildman–Crippen MR) is 85.8 cm³/mol. The molecule has 0 saturated carbocycles. The molecule has 0 spiro atoms. The Labute approximate surface area is 156 Å². The van der Waals surface area contributed by atoms with Crippen molar-refractivity contribution < 1.29 is 47.1 Å². The number of aromatic carboxylic acids is 2. The second kappa shape index (κ2) is 9.44. The fourth-order valence-corrected chi connectivity index (χ4v) is 1.93. The van der Waals surface area contributed by atoms with Crippen LogP contribution in [0.2, 0.25) is 0 Å². The van der Waals surface area contributed by atoms with Crippen molar-refractivity contribution in [3.8, 4) is 0 Å². The first kappa shape index (κ1) is 21.3. The molecular formula is C18H20CdO4. The molecule has 0 aliphatic carbocycles. The average Bonchev–Trinajstić information content (AvgIpc) is 2.44. The second-order valence-electron chi connectivity index (χ2n) is 5.25. The van der Waals surface area contributed by atoms with Gasteiger partial charge in [-0.1, -0.05) is 35.4 Å². The van der Waals surface area contributed by atoms with Gasteiger partial charge in [0, 0.05) is 27.3 Å². The van der Waals surface area contributed by atoms with Gasteiger partial charge in [0.05, 0.1) is 11.1 Å². The molecule has 0 amide bonds. The monoisotopic (exact) mass is 414 g/mol. The standard InChI is InChI=1S/2C9H10O2.Cd/c2*1-6-3-4-7(2)8(5-6)9(10)11;/h2*3-5H,1-2H3,(H,10,11);. The van der Waals surface area contributed by atoms with Crippen molar-refractivity contribution in [2.24, 2.45) is 0 Å². The molecule has 2 rings (SSSR count). The second-order valence-corrected chi connectivity index (χ2v) is 5.25. The molecule has 0 saturated heterocycles. The molecule has 4 nitrogen and oxygen atoms in total. The first-order chi connectivity index (χ1) is 10.2. The molecule has 0 aliphatic rings. The van der Waals surface area contributed by atoms with Gasteiger partial charge in [0.1, 0.15) is 0 Å². The van der Waals surface area contributed by atoms with Crippen LogP contribution in [0.3, 0.4) is 0 Å². The zero-order valence-corrected chi connectivity index (χ0v) is 17.9. The minimum Gasteiger partial charge on any atom is -0.478 e. The number of rotatable bonds is 2. The average molecular weight is 413 g/mol. The first-order valence-electron chi connectivity index (χ1n) is 6.83. The van der Waals surface area contributed by atoms with Crippen LogP contribution in [0.5, 0.6) is 0 Å². The maximum Gasteiger partial charge on any atom is 0.335 e. The Hall–Kier alpha value is -1.70. The van der Waals surface area contributed by atoms with E-state index < -0.39 is 11.9 Å². The molecule has 118 valence electrons. The summed E-state index contributed by atoms with van der Waals surface area (Å²) in [6.07, 6.45) is 0. The van der Waals surface area contributed by atoms with Crippen LogP contribution >= 0.6 is 0 Å². The topological polar surface area (TPSA) is 74.6 Å². The number of hydrogen-bond acceptors (Lipinski definition) is 2. The van der Waals surface area contributed by atoms with Crippen molar-refractivity contribution in [3.63, 3.8) is 0 Å². The number of aryl methyl sites for hydroxylation is 4. The third-order valence-electron chi connectivity index (χ3n) is 3.25. The van der Waals surface area contributed by atoms with Gasteiger partial charge in [0.25, 0.3) is 0 Å². The van der Waals surface area contributed by atoms with E-state index in [2.05, 4.69) is 0 Å². The Morgan fingerprint density at radius 3 is 1.22 bits per heavy atom. The quantitative estimate of drug-likeness (QED) is 0.731. The Kier molecular flexibility index (Phi) is 8.75. The molecule has 2 N–H and O–H groups in total. The molecule has 5 heteroatoms. The van der Waals surface area contributed by atoms with Crippen LogP contribution < -0.4 is 0 Å². The zero-order chi connectivity index (χ0) is 16.9. The van der Waals surface area contributed by atoms with E-state index in [4.69, 9.17) is 10.2 Å². The van der Waals surface area contributed by atoms with Crippen LogP contribution in [0.25, 0.3) is 0 Å². The van der Waals surface area contributed by atoms with E-state index in [0.29, 0.717) is 11.1 Å². The fraction of sp³-hybridized carbons (Fsp3) is 0.222. The predicted octanol–water partition coefficient (Wildman–Crippen LogP) is 4.00. The van der Waals surface area contributed by atoms with Gasteiger partial charge >= 0.3 is 11.9 Å². The Morgan fingerprint density at radius 1 is 0.696 bits per heavy atom. The van der Waals surface area contributed by atoms with Gasteiger partial charge < -0.3 is 10.2 Å². The number of carbonyl (C=O) groups is 2. The molecule has 23 heavy (non-hydrogen) atoms. The van der Waals surface area contributed by atoms with E-state index in [0.717, 1.165) is 22.3 Å². The van der Waals surface area contributed by atoms with E-state index in [-0.39, 0.29) is 27.3 Å². The van der Waals surface area contributed by atoms with Crippen LogP contribution in [-0.2, 0) is 27.3 Å². The van der Waals surface area contributed by atoms with Crippen molar-refractivity contribution in [3.05, 3.63) is 69.8 Å². The summed E-state index contributed by atoms with van der Waals surface area (Å²) in [5.41, 5.74) is 4.36. The summed E-state index contributed by atoms with van der Waals surface area (Å²) in [4.78, 5) is 21.1. The SMILES string of the molecule is Cc1ccc(C)c(C(=O)O)c1.Cc1ccc(C)c(C(=O)O)c1.[Cd]. The molecular weight excluding hydrogens is 393 g/mol. The van der Waals surface area contributed by atoms with Crippen LogP contribution in [0.15, 0.2) is 36.4 Å². The van der Waals surface area contributed by atoms with Crippen molar-refractivity contribution in [1.29, 1.82) is 0 Å². The van der Waals surface area contributed by atoms with E-state index in [1.165, 1.54) is 0 Å². The molecule has 0 atom stereocenters. The Balaban J connectivity index is 0.000000403. The summed E-state index contributed by atoms with van der Waals surface area (Å²) in [6.45, 7) is 7.35. The van der Waals surface area contributed by atoms with Gasteiger partial charge in [-0.25, -0.2) is 9.59 Å². The number of carboxylic acids is 2. The van der Waals surface area contributed by atoms with Crippen molar-refractivity contribution >= 4 is 11.9 Å². The van der Waals surface area contributed by atoms with Gasteiger partial charge in [-0.15, -0.1) is 0 Å². The Bertz CT molecular complexity index is 647. The van der Waals surface area contributed by atoms with Gasteiger partial charge in [-0.2, -0.15) is 0 Å². The number of carboxylic acid groups (broad SMARTS) is 2. The summed E-state index contributed by atoms with van der Waals surface area (Å²) in [6, 6.07) is 10.8. The summed E-state index contributed by atoms with van der Waals surface area (Å²) in [5, 5.41) is 17.4. The molecule has 2 aromatic carbocycles. The van der Waals surface area contributed by atoms with Crippen LogP contribution in [-0.4, -0.2) is 22.2 Å². The van der Waals surface area contributed by atoms with E-state index >= 15 is 0 Å². The molecule has 0 aromatic heterocycles.